The van der Waals surface area contributed by atoms with Gasteiger partial charge in [-0.2, -0.15) is 5.26 Å². The quantitative estimate of drug-likeness (QED) is 0.492. The van der Waals surface area contributed by atoms with Crippen LogP contribution in [0.3, 0.4) is 0 Å². The topological polar surface area (TPSA) is 71.3 Å². The molecular formula is C20H14ClN3OS. The van der Waals surface area contributed by atoms with Crippen molar-refractivity contribution in [2.75, 3.05) is 5.73 Å². The highest BCUT2D eigenvalue weighted by atomic mass is 35.5. The van der Waals surface area contributed by atoms with E-state index in [9.17, 15) is 10.1 Å². The smallest absolute Gasteiger partial charge is 0.205 e. The minimum absolute atomic E-state index is 0.164. The van der Waals surface area contributed by atoms with Crippen LogP contribution in [0.25, 0.3) is 15.7 Å². The second-order valence-corrected chi connectivity index (χ2v) is 7.72. The van der Waals surface area contributed by atoms with E-state index in [1.807, 2.05) is 30.5 Å². The predicted octanol–water partition coefficient (Wildman–Crippen LogP) is 5.11. The van der Waals surface area contributed by atoms with Gasteiger partial charge in [0.15, 0.2) is 0 Å². The number of nitrogen functional groups attached to an aromatic ring is 1. The third-order valence-corrected chi connectivity index (χ3v) is 5.90. The molecule has 0 aliphatic rings. The average Bonchev–Trinajstić information content (AvgIpc) is 3.10. The van der Waals surface area contributed by atoms with Crippen molar-refractivity contribution in [1.82, 2.24) is 4.40 Å². The van der Waals surface area contributed by atoms with Gasteiger partial charge in [0.05, 0.1) is 27.0 Å². The summed E-state index contributed by atoms with van der Waals surface area (Å²) < 4.78 is 2.68. The van der Waals surface area contributed by atoms with E-state index in [0.29, 0.717) is 26.7 Å². The number of nitrogens with zero attached hydrogens (tertiary/aromatic N) is 2. The fraction of sp³-hybridized carbons (Fsp3) is 0.100. The first-order valence-electron chi connectivity index (χ1n) is 7.96. The van der Waals surface area contributed by atoms with Crippen molar-refractivity contribution in [3.63, 3.8) is 0 Å². The molecule has 0 aliphatic heterocycles. The Bertz CT molecular complexity index is 1240. The van der Waals surface area contributed by atoms with Gasteiger partial charge in [-0.15, -0.1) is 11.3 Å². The van der Waals surface area contributed by atoms with Crippen molar-refractivity contribution >= 4 is 50.1 Å². The molecule has 0 radical (unpaired) electrons. The molecule has 6 heteroatoms. The molecule has 4 aromatic rings. The fourth-order valence-corrected chi connectivity index (χ4v) is 4.65. The van der Waals surface area contributed by atoms with Crippen molar-refractivity contribution in [1.29, 1.82) is 5.26 Å². The molecule has 0 bridgehead atoms. The number of benzene rings is 1. The zero-order valence-corrected chi connectivity index (χ0v) is 15.7. The number of aromatic nitrogens is 1. The Morgan fingerprint density at radius 1 is 1.23 bits per heavy atom. The molecule has 0 atom stereocenters. The maximum absolute atomic E-state index is 12.9. The van der Waals surface area contributed by atoms with E-state index in [1.165, 1.54) is 11.3 Å². The molecular weight excluding hydrogens is 366 g/mol. The Morgan fingerprint density at radius 2 is 1.92 bits per heavy atom. The number of thiophene rings is 1. The summed E-state index contributed by atoms with van der Waals surface area (Å²) in [5.41, 5.74) is 11.5. The highest BCUT2D eigenvalue weighted by Gasteiger charge is 2.24. The number of rotatable bonds is 2. The summed E-state index contributed by atoms with van der Waals surface area (Å²) in [5.74, 6) is -0.164. The molecule has 0 amide bonds. The summed E-state index contributed by atoms with van der Waals surface area (Å²) in [6, 6.07) is 11.0. The molecule has 128 valence electrons. The van der Waals surface area contributed by atoms with E-state index in [4.69, 9.17) is 17.3 Å². The molecule has 0 saturated heterocycles. The van der Waals surface area contributed by atoms with E-state index >= 15 is 0 Å². The number of hydrogen-bond acceptors (Lipinski definition) is 4. The zero-order valence-electron chi connectivity index (χ0n) is 14.1. The summed E-state index contributed by atoms with van der Waals surface area (Å²) in [6.45, 7) is 3.97. The van der Waals surface area contributed by atoms with Crippen LogP contribution in [0.1, 0.15) is 31.9 Å². The van der Waals surface area contributed by atoms with Crippen LogP contribution in [0.2, 0.25) is 5.02 Å². The predicted molar refractivity (Wildman–Crippen MR) is 106 cm³/mol. The summed E-state index contributed by atoms with van der Waals surface area (Å²) in [6.07, 6.45) is 1.95. The second kappa shape index (κ2) is 5.87. The van der Waals surface area contributed by atoms with Crippen molar-refractivity contribution in [3.05, 3.63) is 68.7 Å². The first-order chi connectivity index (χ1) is 12.4. The SMILES string of the molecule is Cc1cc(C)c2c(C#N)c3sc(C(=O)c4ccc(Cl)cc4)c(N)c3n2c1. The summed E-state index contributed by atoms with van der Waals surface area (Å²) >= 11 is 7.17. The number of carbonyl (C=O) groups is 1. The summed E-state index contributed by atoms with van der Waals surface area (Å²) in [5, 5.41) is 10.3. The van der Waals surface area contributed by atoms with Crippen LogP contribution in [0, 0.1) is 25.2 Å². The second-order valence-electron chi connectivity index (χ2n) is 6.26. The van der Waals surface area contributed by atoms with Crippen molar-refractivity contribution in [3.8, 4) is 6.07 Å². The number of carbonyl (C=O) groups excluding carboxylic acids is 1. The van der Waals surface area contributed by atoms with Gasteiger partial charge in [-0.3, -0.25) is 4.79 Å². The van der Waals surface area contributed by atoms with Crippen LogP contribution >= 0.6 is 22.9 Å². The monoisotopic (exact) mass is 379 g/mol. The normalized spacial score (nSPS) is 11.2. The number of ketones is 1. The van der Waals surface area contributed by atoms with Gasteiger partial charge in [0.1, 0.15) is 10.9 Å². The molecule has 3 aromatic heterocycles. The van der Waals surface area contributed by atoms with Crippen LogP contribution in [0.5, 0.6) is 0 Å². The maximum Gasteiger partial charge on any atom is 0.205 e. The first-order valence-corrected chi connectivity index (χ1v) is 9.15. The molecule has 4 nitrogen and oxygen atoms in total. The maximum atomic E-state index is 12.9. The van der Waals surface area contributed by atoms with Crippen LogP contribution < -0.4 is 5.73 Å². The van der Waals surface area contributed by atoms with Crippen LogP contribution in [0.4, 0.5) is 5.69 Å². The summed E-state index contributed by atoms with van der Waals surface area (Å²) in [4.78, 5) is 13.4. The number of anilines is 1. The molecule has 0 saturated carbocycles. The Morgan fingerprint density at radius 3 is 2.58 bits per heavy atom. The van der Waals surface area contributed by atoms with Crippen LogP contribution in [-0.2, 0) is 0 Å². The van der Waals surface area contributed by atoms with Gasteiger partial charge in [0, 0.05) is 16.8 Å². The lowest BCUT2D eigenvalue weighted by molar-refractivity contribution is 0.104. The van der Waals surface area contributed by atoms with Crippen molar-refractivity contribution in [2.24, 2.45) is 0 Å². The highest BCUT2D eigenvalue weighted by molar-refractivity contribution is 7.22. The molecule has 2 N–H and O–H groups in total. The number of pyridine rings is 1. The lowest BCUT2D eigenvalue weighted by atomic mass is 10.1. The van der Waals surface area contributed by atoms with E-state index in [1.54, 1.807) is 24.3 Å². The Balaban J connectivity index is 2.03. The number of nitriles is 1. The molecule has 0 fully saturated rings. The van der Waals surface area contributed by atoms with Gasteiger partial charge >= 0.3 is 0 Å². The number of fused-ring (bicyclic) bond motifs is 3. The standard InChI is InChI=1S/C20H14ClN3OS/c1-10-7-11(2)16-14(8-22)19-17(24(16)9-10)15(23)20(26-19)18(25)12-3-5-13(21)6-4-12/h3-7,9H,23H2,1-2H3. The van der Waals surface area contributed by atoms with Gasteiger partial charge in [-0.05, 0) is 49.2 Å². The Labute approximate surface area is 159 Å². The zero-order chi connectivity index (χ0) is 18.6. The third-order valence-electron chi connectivity index (χ3n) is 4.44. The lowest BCUT2D eigenvalue weighted by Crippen LogP contribution is -2.02. The van der Waals surface area contributed by atoms with E-state index in [0.717, 1.165) is 26.9 Å². The molecule has 26 heavy (non-hydrogen) atoms. The van der Waals surface area contributed by atoms with Gasteiger partial charge in [0.2, 0.25) is 5.78 Å². The fourth-order valence-electron chi connectivity index (χ4n) is 3.36. The minimum atomic E-state index is -0.164. The largest absolute Gasteiger partial charge is 0.396 e. The van der Waals surface area contributed by atoms with Crippen LogP contribution in [0.15, 0.2) is 36.5 Å². The molecule has 0 unspecified atom stereocenters. The van der Waals surface area contributed by atoms with Crippen molar-refractivity contribution in [2.45, 2.75) is 13.8 Å². The molecule has 0 aliphatic carbocycles. The third kappa shape index (κ3) is 2.31. The molecule has 0 spiro atoms. The highest BCUT2D eigenvalue weighted by Crippen LogP contribution is 2.41. The van der Waals surface area contributed by atoms with Crippen molar-refractivity contribution < 1.29 is 4.79 Å². The number of hydrogen-bond donors (Lipinski definition) is 1. The van der Waals surface area contributed by atoms with Gasteiger partial charge in [-0.25, -0.2) is 0 Å². The average molecular weight is 380 g/mol. The van der Waals surface area contributed by atoms with E-state index in [2.05, 4.69) is 6.07 Å². The Kier molecular flexibility index (Phi) is 3.76. The van der Waals surface area contributed by atoms with E-state index in [-0.39, 0.29) is 5.78 Å². The Hall–Kier alpha value is -2.81. The molecule has 1 aromatic carbocycles. The van der Waals surface area contributed by atoms with E-state index < -0.39 is 0 Å². The summed E-state index contributed by atoms with van der Waals surface area (Å²) in [7, 11) is 0. The van der Waals surface area contributed by atoms with Gasteiger partial charge in [-0.1, -0.05) is 17.7 Å². The molecule has 3 heterocycles. The number of nitrogens with two attached hydrogens (primary N) is 1. The van der Waals surface area contributed by atoms with Crippen LogP contribution in [-0.4, -0.2) is 10.2 Å². The van der Waals surface area contributed by atoms with Gasteiger partial charge in [0.25, 0.3) is 0 Å². The number of halogens is 1. The minimum Gasteiger partial charge on any atom is -0.396 e. The molecule has 4 rings (SSSR count). The lowest BCUT2D eigenvalue weighted by Gasteiger charge is -2.05. The van der Waals surface area contributed by atoms with Gasteiger partial charge < -0.3 is 10.1 Å². The number of aryl methyl sites for hydroxylation is 2. The first kappa shape index (κ1) is 16.6.